The first-order valence-corrected chi connectivity index (χ1v) is 9.89. The molecular formula is C24H19BNS. The molecule has 1 nitrogen and oxygen atoms in total. The molecule has 1 aromatic heterocycles. The van der Waals surface area contributed by atoms with Gasteiger partial charge in [-0.25, -0.2) is 4.98 Å². The zero-order valence-electron chi connectivity index (χ0n) is 15.2. The Balaban J connectivity index is 1.77. The predicted octanol–water partition coefficient (Wildman–Crippen LogP) is 5.03. The van der Waals surface area contributed by atoms with Gasteiger partial charge in [0.2, 0.25) is 0 Å². The summed E-state index contributed by atoms with van der Waals surface area (Å²) in [7, 11) is 2.12. The van der Waals surface area contributed by atoms with E-state index in [9.17, 15) is 0 Å². The topological polar surface area (TPSA) is 12.9 Å². The third-order valence-corrected chi connectivity index (χ3v) is 5.93. The molecule has 1 atom stereocenters. The summed E-state index contributed by atoms with van der Waals surface area (Å²) in [6.07, 6.45) is 6.47. The van der Waals surface area contributed by atoms with Gasteiger partial charge in [-0.2, -0.15) is 0 Å². The van der Waals surface area contributed by atoms with Crippen molar-refractivity contribution in [3.63, 3.8) is 0 Å². The molecule has 4 aromatic rings. The molecule has 0 fully saturated rings. The van der Waals surface area contributed by atoms with Crippen LogP contribution >= 0.6 is 11.3 Å². The Kier molecular flexibility index (Phi) is 5.09. The van der Waals surface area contributed by atoms with Crippen molar-refractivity contribution in [2.75, 3.05) is 0 Å². The lowest BCUT2D eigenvalue weighted by Crippen LogP contribution is -2.08. The lowest BCUT2D eigenvalue weighted by atomic mass is 9.73. The molecule has 1 heterocycles. The fourth-order valence-electron chi connectivity index (χ4n) is 3.34. The number of terminal acetylenes is 1. The summed E-state index contributed by atoms with van der Waals surface area (Å²) in [6, 6.07) is 25.3. The number of aromatic nitrogens is 1. The van der Waals surface area contributed by atoms with Crippen molar-refractivity contribution < 1.29 is 0 Å². The van der Waals surface area contributed by atoms with E-state index in [1.165, 1.54) is 21.3 Å². The molecular weight excluding hydrogens is 345 g/mol. The van der Waals surface area contributed by atoms with Crippen LogP contribution in [-0.2, 0) is 6.42 Å². The van der Waals surface area contributed by atoms with Gasteiger partial charge >= 0.3 is 0 Å². The van der Waals surface area contributed by atoms with Crippen LogP contribution < -0.4 is 5.46 Å². The van der Waals surface area contributed by atoms with Gasteiger partial charge in [0.25, 0.3) is 0 Å². The second kappa shape index (κ2) is 7.82. The Morgan fingerprint density at radius 2 is 1.89 bits per heavy atom. The van der Waals surface area contributed by atoms with Crippen molar-refractivity contribution >= 4 is 34.3 Å². The zero-order valence-corrected chi connectivity index (χ0v) is 16.0. The predicted molar refractivity (Wildman–Crippen MR) is 117 cm³/mol. The molecule has 4 rings (SSSR count). The van der Waals surface area contributed by atoms with Crippen molar-refractivity contribution in [3.05, 3.63) is 94.5 Å². The molecule has 3 heteroatoms. The fraction of sp³-hybridized carbons (Fsp3) is 0.125. The molecule has 1 radical (unpaired) electrons. The molecule has 0 aliphatic heterocycles. The van der Waals surface area contributed by atoms with Gasteiger partial charge in [0.05, 0.1) is 10.2 Å². The van der Waals surface area contributed by atoms with Crippen LogP contribution in [0.25, 0.3) is 10.2 Å². The molecule has 0 saturated carbocycles. The van der Waals surface area contributed by atoms with E-state index in [1.54, 1.807) is 11.3 Å². The standard InChI is InChI=1S/C24H19BNS/c1-3-17-8-7-9-18(14-17)15-21(19-10-5-4-6-11-19)24-26-22-13-12-20(25-2)16-23(22)27-24/h1,4-14,16,21H,15H2,2H3. The number of rotatable bonds is 5. The second-order valence-electron chi connectivity index (χ2n) is 6.58. The Hall–Kier alpha value is -2.83. The van der Waals surface area contributed by atoms with Crippen LogP contribution in [0.5, 0.6) is 0 Å². The smallest absolute Gasteiger partial charge is 0.148 e. The molecule has 129 valence electrons. The van der Waals surface area contributed by atoms with Crippen LogP contribution in [0.1, 0.15) is 27.6 Å². The zero-order chi connectivity index (χ0) is 18.6. The quantitative estimate of drug-likeness (QED) is 0.358. The van der Waals surface area contributed by atoms with Crippen LogP contribution in [0.3, 0.4) is 0 Å². The highest BCUT2D eigenvalue weighted by molar-refractivity contribution is 7.18. The SMILES string of the molecule is C#Cc1cccc(CC(c2ccccc2)c2nc3ccc([B]C)cc3s2)c1. The minimum atomic E-state index is 0.214. The summed E-state index contributed by atoms with van der Waals surface area (Å²) in [5.41, 5.74) is 5.74. The summed E-state index contributed by atoms with van der Waals surface area (Å²) in [5.74, 6) is 2.95. The molecule has 0 aliphatic rings. The Bertz CT molecular complexity index is 1110. The summed E-state index contributed by atoms with van der Waals surface area (Å²) >= 11 is 1.79. The highest BCUT2D eigenvalue weighted by Crippen LogP contribution is 2.34. The summed E-state index contributed by atoms with van der Waals surface area (Å²) in [5, 5.41) is 1.15. The first-order valence-electron chi connectivity index (χ1n) is 9.07. The maximum atomic E-state index is 5.59. The number of hydrogen-bond donors (Lipinski definition) is 0. The highest BCUT2D eigenvalue weighted by Gasteiger charge is 2.19. The van der Waals surface area contributed by atoms with Crippen LogP contribution in [0.15, 0.2) is 72.8 Å². The van der Waals surface area contributed by atoms with Crippen molar-refractivity contribution in [2.24, 2.45) is 0 Å². The van der Waals surface area contributed by atoms with Crippen molar-refractivity contribution in [3.8, 4) is 12.3 Å². The summed E-state index contributed by atoms with van der Waals surface area (Å²) < 4.78 is 1.24. The molecule has 0 spiro atoms. The molecule has 3 aromatic carbocycles. The molecule has 0 aliphatic carbocycles. The number of nitrogens with zero attached hydrogens (tertiary/aromatic N) is 1. The minimum Gasteiger partial charge on any atom is -0.241 e. The molecule has 27 heavy (non-hydrogen) atoms. The Labute approximate surface area is 165 Å². The molecule has 0 saturated heterocycles. The normalized spacial score (nSPS) is 11.9. The van der Waals surface area contributed by atoms with Crippen molar-refractivity contribution in [2.45, 2.75) is 19.2 Å². The van der Waals surface area contributed by atoms with Gasteiger partial charge in [-0.1, -0.05) is 66.7 Å². The largest absolute Gasteiger partial charge is 0.241 e. The fourth-order valence-corrected chi connectivity index (χ4v) is 4.49. The molecule has 0 amide bonds. The van der Waals surface area contributed by atoms with Crippen LogP contribution in [0, 0.1) is 12.3 Å². The molecule has 0 N–H and O–H groups in total. The van der Waals surface area contributed by atoms with E-state index in [2.05, 4.69) is 80.7 Å². The van der Waals surface area contributed by atoms with E-state index in [1.807, 2.05) is 12.1 Å². The van der Waals surface area contributed by atoms with Gasteiger partial charge < -0.3 is 0 Å². The third kappa shape index (κ3) is 3.82. The van der Waals surface area contributed by atoms with Gasteiger partial charge in [-0.05, 0) is 41.8 Å². The van der Waals surface area contributed by atoms with Gasteiger partial charge in [0, 0.05) is 11.5 Å². The van der Waals surface area contributed by atoms with E-state index < -0.39 is 0 Å². The highest BCUT2D eigenvalue weighted by atomic mass is 32.1. The van der Waals surface area contributed by atoms with Gasteiger partial charge in [0.15, 0.2) is 0 Å². The van der Waals surface area contributed by atoms with Crippen molar-refractivity contribution in [1.29, 1.82) is 0 Å². The number of hydrogen-bond acceptors (Lipinski definition) is 2. The summed E-state index contributed by atoms with van der Waals surface area (Å²) in [4.78, 5) is 4.97. The van der Waals surface area contributed by atoms with E-state index >= 15 is 0 Å². The second-order valence-corrected chi connectivity index (χ2v) is 7.64. The van der Waals surface area contributed by atoms with Crippen LogP contribution in [-0.4, -0.2) is 12.3 Å². The van der Waals surface area contributed by atoms with Gasteiger partial charge in [0.1, 0.15) is 12.3 Å². The monoisotopic (exact) mass is 364 g/mol. The Morgan fingerprint density at radius 1 is 1.04 bits per heavy atom. The third-order valence-electron chi connectivity index (χ3n) is 4.80. The van der Waals surface area contributed by atoms with E-state index in [-0.39, 0.29) is 5.92 Å². The Morgan fingerprint density at radius 3 is 2.67 bits per heavy atom. The van der Waals surface area contributed by atoms with E-state index in [0.29, 0.717) is 0 Å². The maximum absolute atomic E-state index is 5.59. The van der Waals surface area contributed by atoms with E-state index in [0.717, 1.165) is 22.5 Å². The van der Waals surface area contributed by atoms with Gasteiger partial charge in [-0.3, -0.25) is 0 Å². The maximum Gasteiger partial charge on any atom is 0.148 e. The van der Waals surface area contributed by atoms with Crippen molar-refractivity contribution in [1.82, 2.24) is 4.98 Å². The lowest BCUT2D eigenvalue weighted by molar-refractivity contribution is 0.798. The number of fused-ring (bicyclic) bond motifs is 1. The summed E-state index contributed by atoms with van der Waals surface area (Å²) in [6.45, 7) is 2.06. The molecule has 0 bridgehead atoms. The van der Waals surface area contributed by atoms with Crippen LogP contribution in [0.4, 0.5) is 0 Å². The molecule has 1 unspecified atom stereocenters. The van der Waals surface area contributed by atoms with Crippen LogP contribution in [0.2, 0.25) is 6.82 Å². The number of thiazole rings is 1. The van der Waals surface area contributed by atoms with E-state index in [4.69, 9.17) is 11.4 Å². The number of benzene rings is 3. The average Bonchev–Trinajstić information content (AvgIpc) is 3.15. The van der Waals surface area contributed by atoms with Gasteiger partial charge in [-0.15, -0.1) is 17.8 Å². The minimum absolute atomic E-state index is 0.214. The first-order chi connectivity index (χ1) is 13.3. The average molecular weight is 364 g/mol. The first kappa shape index (κ1) is 17.6. The lowest BCUT2D eigenvalue weighted by Gasteiger charge is -2.15.